The van der Waals surface area contributed by atoms with Crippen LogP contribution in [0.15, 0.2) is 16.5 Å². The third kappa shape index (κ3) is 2.00. The molecule has 0 unspecified atom stereocenters. The summed E-state index contributed by atoms with van der Waals surface area (Å²) in [6.45, 7) is 0. The number of rotatable bonds is 1. The van der Waals surface area contributed by atoms with E-state index in [1.807, 2.05) is 0 Å². The molecule has 0 aliphatic heterocycles. The second-order valence-corrected chi connectivity index (χ2v) is 5.82. The van der Waals surface area contributed by atoms with Crippen molar-refractivity contribution in [2.24, 2.45) is 5.73 Å². The monoisotopic (exact) mass is 284 g/mol. The molecule has 0 saturated heterocycles. The molecule has 5 heteroatoms. The summed E-state index contributed by atoms with van der Waals surface area (Å²) in [5.74, 6) is 0.585. The Morgan fingerprint density at radius 1 is 1.17 bits per heavy atom. The second kappa shape index (κ2) is 4.41. The SMILES string of the molecule is NC1(c2nc3cc(Cl)cc(Cl)c3o2)CCCCC1. The van der Waals surface area contributed by atoms with Crippen LogP contribution in [0.4, 0.5) is 0 Å². The number of oxazole rings is 1. The van der Waals surface area contributed by atoms with Crippen molar-refractivity contribution in [2.45, 2.75) is 37.6 Å². The van der Waals surface area contributed by atoms with Gasteiger partial charge in [0.05, 0.1) is 10.6 Å². The van der Waals surface area contributed by atoms with Crippen molar-refractivity contribution in [1.29, 1.82) is 0 Å². The van der Waals surface area contributed by atoms with Crippen LogP contribution in [0.1, 0.15) is 38.0 Å². The van der Waals surface area contributed by atoms with Gasteiger partial charge in [-0.3, -0.25) is 0 Å². The maximum Gasteiger partial charge on any atom is 0.215 e. The van der Waals surface area contributed by atoms with E-state index in [1.54, 1.807) is 12.1 Å². The molecule has 0 atom stereocenters. The van der Waals surface area contributed by atoms with Gasteiger partial charge in [-0.1, -0.05) is 42.5 Å². The maximum atomic E-state index is 6.40. The van der Waals surface area contributed by atoms with Crippen molar-refractivity contribution in [3.05, 3.63) is 28.1 Å². The van der Waals surface area contributed by atoms with Gasteiger partial charge in [0.25, 0.3) is 0 Å². The number of halogens is 2. The van der Waals surface area contributed by atoms with Crippen molar-refractivity contribution < 1.29 is 4.42 Å². The molecule has 1 aliphatic carbocycles. The van der Waals surface area contributed by atoms with Crippen LogP contribution in [-0.4, -0.2) is 4.98 Å². The van der Waals surface area contributed by atoms with Gasteiger partial charge in [0.15, 0.2) is 5.58 Å². The average Bonchev–Trinajstić information content (AvgIpc) is 2.74. The Kier molecular flexibility index (Phi) is 3.00. The van der Waals surface area contributed by atoms with Crippen LogP contribution in [0, 0.1) is 0 Å². The molecule has 18 heavy (non-hydrogen) atoms. The largest absolute Gasteiger partial charge is 0.437 e. The van der Waals surface area contributed by atoms with E-state index < -0.39 is 5.54 Å². The summed E-state index contributed by atoms with van der Waals surface area (Å²) in [6.07, 6.45) is 5.27. The summed E-state index contributed by atoms with van der Waals surface area (Å²) >= 11 is 12.1. The lowest BCUT2D eigenvalue weighted by Crippen LogP contribution is -2.38. The number of hydrogen-bond donors (Lipinski definition) is 1. The summed E-state index contributed by atoms with van der Waals surface area (Å²) in [7, 11) is 0. The van der Waals surface area contributed by atoms with Gasteiger partial charge in [0.1, 0.15) is 5.52 Å². The fourth-order valence-corrected chi connectivity index (χ4v) is 3.09. The van der Waals surface area contributed by atoms with Crippen LogP contribution in [0.2, 0.25) is 10.0 Å². The van der Waals surface area contributed by atoms with Gasteiger partial charge in [-0.15, -0.1) is 0 Å². The molecule has 0 radical (unpaired) electrons. The quantitative estimate of drug-likeness (QED) is 0.852. The van der Waals surface area contributed by atoms with Crippen molar-refractivity contribution >= 4 is 34.3 Å². The first kappa shape index (κ1) is 12.3. The Morgan fingerprint density at radius 2 is 1.89 bits per heavy atom. The molecule has 1 fully saturated rings. The first-order chi connectivity index (χ1) is 8.58. The van der Waals surface area contributed by atoms with Crippen LogP contribution in [-0.2, 0) is 5.54 Å². The van der Waals surface area contributed by atoms with Gasteiger partial charge in [-0.05, 0) is 25.0 Å². The van der Waals surface area contributed by atoms with Gasteiger partial charge < -0.3 is 10.2 Å². The molecule has 2 aromatic rings. The standard InChI is InChI=1S/C13H14Cl2N2O/c14-8-6-9(15)11-10(7-8)17-12(18-11)13(16)4-2-1-3-5-13/h6-7H,1-5,16H2. The zero-order valence-electron chi connectivity index (χ0n) is 9.88. The Bertz CT molecular complexity index is 588. The Morgan fingerprint density at radius 3 is 2.61 bits per heavy atom. The van der Waals surface area contributed by atoms with E-state index >= 15 is 0 Å². The second-order valence-electron chi connectivity index (χ2n) is 4.97. The van der Waals surface area contributed by atoms with Gasteiger partial charge in [-0.25, -0.2) is 4.98 Å². The summed E-state index contributed by atoms with van der Waals surface area (Å²) in [4.78, 5) is 4.47. The predicted octanol–water partition coefficient (Wildman–Crippen LogP) is 4.25. The van der Waals surface area contributed by atoms with Crippen LogP contribution in [0.5, 0.6) is 0 Å². The molecule has 3 nitrogen and oxygen atoms in total. The highest BCUT2D eigenvalue weighted by molar-refractivity contribution is 6.37. The van der Waals surface area contributed by atoms with Crippen molar-refractivity contribution in [2.75, 3.05) is 0 Å². The van der Waals surface area contributed by atoms with E-state index in [1.165, 1.54) is 6.42 Å². The fraction of sp³-hybridized carbons (Fsp3) is 0.462. The molecule has 96 valence electrons. The topological polar surface area (TPSA) is 52.0 Å². The molecular weight excluding hydrogens is 271 g/mol. The molecule has 1 aromatic carbocycles. The Labute approximate surface area is 115 Å². The van der Waals surface area contributed by atoms with Gasteiger partial charge in [0, 0.05) is 5.02 Å². The zero-order valence-corrected chi connectivity index (χ0v) is 11.4. The number of fused-ring (bicyclic) bond motifs is 1. The van der Waals surface area contributed by atoms with Crippen LogP contribution in [0.25, 0.3) is 11.1 Å². The highest BCUT2D eigenvalue weighted by atomic mass is 35.5. The summed E-state index contributed by atoms with van der Waals surface area (Å²) < 4.78 is 5.77. The molecule has 3 rings (SSSR count). The van der Waals surface area contributed by atoms with Gasteiger partial charge >= 0.3 is 0 Å². The summed E-state index contributed by atoms with van der Waals surface area (Å²) in [6, 6.07) is 3.41. The van der Waals surface area contributed by atoms with E-state index in [-0.39, 0.29) is 0 Å². The van der Waals surface area contributed by atoms with Gasteiger partial charge in [-0.2, -0.15) is 0 Å². The minimum atomic E-state index is -0.451. The molecule has 1 heterocycles. The third-order valence-electron chi connectivity index (χ3n) is 3.58. The first-order valence-electron chi connectivity index (χ1n) is 6.13. The predicted molar refractivity (Wildman–Crippen MR) is 73.0 cm³/mol. The van der Waals surface area contributed by atoms with Crippen molar-refractivity contribution in [3.63, 3.8) is 0 Å². The molecule has 0 bridgehead atoms. The Hall–Kier alpha value is -0.770. The number of aromatic nitrogens is 1. The number of benzene rings is 1. The molecule has 1 aliphatic rings. The average molecular weight is 285 g/mol. The third-order valence-corrected chi connectivity index (χ3v) is 4.08. The van der Waals surface area contributed by atoms with Crippen LogP contribution in [0.3, 0.4) is 0 Å². The minimum Gasteiger partial charge on any atom is -0.437 e. The lowest BCUT2D eigenvalue weighted by molar-refractivity contribution is 0.248. The highest BCUT2D eigenvalue weighted by Gasteiger charge is 2.34. The normalized spacial score (nSPS) is 19.3. The minimum absolute atomic E-state index is 0.451. The smallest absolute Gasteiger partial charge is 0.215 e. The number of hydrogen-bond acceptors (Lipinski definition) is 3. The summed E-state index contributed by atoms with van der Waals surface area (Å²) in [5.41, 5.74) is 7.20. The lowest BCUT2D eigenvalue weighted by Gasteiger charge is -2.29. The van der Waals surface area contributed by atoms with E-state index in [2.05, 4.69) is 4.98 Å². The highest BCUT2D eigenvalue weighted by Crippen LogP contribution is 2.37. The van der Waals surface area contributed by atoms with E-state index in [9.17, 15) is 0 Å². The van der Waals surface area contributed by atoms with Crippen LogP contribution >= 0.6 is 23.2 Å². The lowest BCUT2D eigenvalue weighted by atomic mass is 9.82. The van der Waals surface area contributed by atoms with E-state index in [0.29, 0.717) is 27.0 Å². The Balaban J connectivity index is 2.10. The molecule has 1 aromatic heterocycles. The number of nitrogens with zero attached hydrogens (tertiary/aromatic N) is 1. The number of nitrogens with two attached hydrogens (primary N) is 1. The molecule has 0 amide bonds. The van der Waals surface area contributed by atoms with E-state index in [0.717, 1.165) is 25.7 Å². The van der Waals surface area contributed by atoms with Crippen molar-refractivity contribution in [3.8, 4) is 0 Å². The molecule has 2 N–H and O–H groups in total. The summed E-state index contributed by atoms with van der Waals surface area (Å²) in [5, 5.41) is 1.04. The van der Waals surface area contributed by atoms with Crippen LogP contribution < -0.4 is 5.73 Å². The molecule has 0 spiro atoms. The molecular formula is C13H14Cl2N2O. The zero-order chi connectivity index (χ0) is 12.8. The van der Waals surface area contributed by atoms with Gasteiger partial charge in [0.2, 0.25) is 5.89 Å². The first-order valence-corrected chi connectivity index (χ1v) is 6.89. The fourth-order valence-electron chi connectivity index (χ4n) is 2.57. The van der Waals surface area contributed by atoms with E-state index in [4.69, 9.17) is 33.4 Å². The maximum absolute atomic E-state index is 6.40. The molecule has 1 saturated carbocycles. The van der Waals surface area contributed by atoms with Crippen molar-refractivity contribution in [1.82, 2.24) is 4.98 Å².